The van der Waals surface area contributed by atoms with Gasteiger partial charge in [0.2, 0.25) is 0 Å². The number of halogens is 2. The first kappa shape index (κ1) is 12.3. The monoisotopic (exact) mass is 265 g/mol. The molecule has 2 aromatic carbocycles. The van der Waals surface area contributed by atoms with Crippen molar-refractivity contribution in [3.05, 3.63) is 63.6 Å². The van der Waals surface area contributed by atoms with Crippen molar-refractivity contribution in [3.8, 4) is 0 Å². The van der Waals surface area contributed by atoms with Crippen LogP contribution in [0.15, 0.2) is 42.5 Å². The molecule has 0 unspecified atom stereocenters. The predicted octanol–water partition coefficient (Wildman–Crippen LogP) is 4.91. The molecule has 0 amide bonds. The summed E-state index contributed by atoms with van der Waals surface area (Å²) in [4.78, 5) is 0. The van der Waals surface area contributed by atoms with E-state index in [1.165, 1.54) is 11.1 Å². The van der Waals surface area contributed by atoms with E-state index < -0.39 is 0 Å². The third kappa shape index (κ3) is 3.15. The van der Waals surface area contributed by atoms with Crippen LogP contribution in [-0.4, -0.2) is 0 Å². The lowest BCUT2D eigenvalue weighted by Crippen LogP contribution is -2.00. The maximum Gasteiger partial charge on any atom is 0.0721 e. The first-order valence-electron chi connectivity index (χ1n) is 5.40. The number of hydrogen-bond donors (Lipinski definition) is 1. The van der Waals surface area contributed by atoms with Gasteiger partial charge in [-0.05, 0) is 24.6 Å². The third-order valence-corrected chi connectivity index (χ3v) is 3.18. The molecule has 0 saturated heterocycles. The lowest BCUT2D eigenvalue weighted by atomic mass is 10.1. The molecular weight excluding hydrogens is 253 g/mol. The molecule has 2 rings (SSSR count). The van der Waals surface area contributed by atoms with Gasteiger partial charge in [0.15, 0.2) is 0 Å². The van der Waals surface area contributed by atoms with Gasteiger partial charge in [0.1, 0.15) is 0 Å². The van der Waals surface area contributed by atoms with E-state index in [0.29, 0.717) is 16.6 Å². The summed E-state index contributed by atoms with van der Waals surface area (Å²) in [6, 6.07) is 13.8. The number of hydrogen-bond acceptors (Lipinski definition) is 1. The zero-order valence-corrected chi connectivity index (χ0v) is 11.0. The molecule has 2 aromatic rings. The van der Waals surface area contributed by atoms with Crippen LogP contribution >= 0.6 is 23.2 Å². The van der Waals surface area contributed by atoms with Crippen molar-refractivity contribution in [1.82, 2.24) is 0 Å². The Morgan fingerprint density at radius 2 is 1.53 bits per heavy atom. The summed E-state index contributed by atoms with van der Waals surface area (Å²) < 4.78 is 0. The van der Waals surface area contributed by atoms with Gasteiger partial charge in [-0.3, -0.25) is 0 Å². The molecule has 0 heterocycles. The molecule has 0 saturated carbocycles. The summed E-state index contributed by atoms with van der Waals surface area (Å²) in [6.07, 6.45) is 0. The Morgan fingerprint density at radius 3 is 2.12 bits per heavy atom. The molecule has 0 aliphatic carbocycles. The van der Waals surface area contributed by atoms with Crippen LogP contribution in [0.1, 0.15) is 11.1 Å². The molecule has 0 aliphatic rings. The molecular formula is C14H13Cl2N. The Bertz CT molecular complexity index is 486. The molecule has 17 heavy (non-hydrogen) atoms. The summed E-state index contributed by atoms with van der Waals surface area (Å²) in [5.74, 6) is 0. The van der Waals surface area contributed by atoms with Crippen molar-refractivity contribution >= 4 is 28.9 Å². The highest BCUT2D eigenvalue weighted by Crippen LogP contribution is 2.30. The minimum atomic E-state index is 0.643. The number of rotatable bonds is 3. The van der Waals surface area contributed by atoms with E-state index in [1.807, 2.05) is 18.2 Å². The molecule has 0 radical (unpaired) electrons. The number of para-hydroxylation sites is 1. The molecule has 3 heteroatoms. The lowest BCUT2D eigenvalue weighted by molar-refractivity contribution is 1.14. The molecule has 0 fully saturated rings. The standard InChI is InChI=1S/C14H13Cl2N/c1-10-5-7-11(8-6-10)9-17-14-12(15)3-2-4-13(14)16/h2-8,17H,9H2,1H3. The Morgan fingerprint density at radius 1 is 0.941 bits per heavy atom. The minimum Gasteiger partial charge on any atom is -0.379 e. The largest absolute Gasteiger partial charge is 0.379 e. The molecule has 0 aromatic heterocycles. The minimum absolute atomic E-state index is 0.643. The molecule has 1 N–H and O–H groups in total. The second-order valence-corrected chi connectivity index (χ2v) is 4.75. The van der Waals surface area contributed by atoms with E-state index in [2.05, 4.69) is 36.5 Å². The average molecular weight is 266 g/mol. The first-order chi connectivity index (χ1) is 8.16. The molecule has 0 aliphatic heterocycles. The summed E-state index contributed by atoms with van der Waals surface area (Å²) in [5, 5.41) is 4.54. The second-order valence-electron chi connectivity index (χ2n) is 3.94. The highest BCUT2D eigenvalue weighted by Gasteiger charge is 2.04. The second kappa shape index (κ2) is 5.44. The van der Waals surface area contributed by atoms with Gasteiger partial charge in [-0.25, -0.2) is 0 Å². The summed E-state index contributed by atoms with van der Waals surface area (Å²) in [6.45, 7) is 2.78. The number of benzene rings is 2. The van der Waals surface area contributed by atoms with E-state index in [0.717, 1.165) is 5.69 Å². The number of aryl methyl sites for hydroxylation is 1. The van der Waals surface area contributed by atoms with Crippen LogP contribution in [0.3, 0.4) is 0 Å². The molecule has 88 valence electrons. The van der Waals surface area contributed by atoms with Crippen molar-refractivity contribution in [2.45, 2.75) is 13.5 Å². The first-order valence-corrected chi connectivity index (χ1v) is 6.16. The van der Waals surface area contributed by atoms with Crippen molar-refractivity contribution in [2.75, 3.05) is 5.32 Å². The van der Waals surface area contributed by atoms with Crippen LogP contribution in [0.25, 0.3) is 0 Å². The van der Waals surface area contributed by atoms with E-state index in [1.54, 1.807) is 0 Å². The fourth-order valence-electron chi connectivity index (χ4n) is 1.56. The van der Waals surface area contributed by atoms with E-state index in [4.69, 9.17) is 23.2 Å². The van der Waals surface area contributed by atoms with Gasteiger partial charge in [-0.2, -0.15) is 0 Å². The van der Waals surface area contributed by atoms with E-state index in [-0.39, 0.29) is 0 Å². The Kier molecular flexibility index (Phi) is 3.93. The van der Waals surface area contributed by atoms with Gasteiger partial charge in [0.05, 0.1) is 15.7 Å². The van der Waals surface area contributed by atoms with Gasteiger partial charge in [-0.1, -0.05) is 59.1 Å². The summed E-state index contributed by atoms with van der Waals surface area (Å²) in [7, 11) is 0. The van der Waals surface area contributed by atoms with Crippen LogP contribution in [0.5, 0.6) is 0 Å². The maximum atomic E-state index is 6.07. The highest BCUT2D eigenvalue weighted by atomic mass is 35.5. The topological polar surface area (TPSA) is 12.0 Å². The molecule has 1 nitrogen and oxygen atoms in total. The SMILES string of the molecule is Cc1ccc(CNc2c(Cl)cccc2Cl)cc1. The Labute approximate surface area is 111 Å². The average Bonchev–Trinajstić information content (AvgIpc) is 2.31. The fourth-order valence-corrected chi connectivity index (χ4v) is 2.09. The Balaban J connectivity index is 2.10. The molecule has 0 atom stereocenters. The quantitative estimate of drug-likeness (QED) is 0.831. The fraction of sp³-hybridized carbons (Fsp3) is 0.143. The molecule has 0 spiro atoms. The van der Waals surface area contributed by atoms with Crippen molar-refractivity contribution in [2.24, 2.45) is 0 Å². The van der Waals surface area contributed by atoms with Crippen LogP contribution in [0.2, 0.25) is 10.0 Å². The summed E-state index contributed by atoms with van der Waals surface area (Å²) in [5.41, 5.74) is 3.24. The van der Waals surface area contributed by atoms with Gasteiger partial charge in [-0.15, -0.1) is 0 Å². The van der Waals surface area contributed by atoms with Crippen molar-refractivity contribution < 1.29 is 0 Å². The zero-order valence-electron chi connectivity index (χ0n) is 9.50. The maximum absolute atomic E-state index is 6.07. The predicted molar refractivity (Wildman–Crippen MR) is 75.0 cm³/mol. The van der Waals surface area contributed by atoms with Crippen LogP contribution in [0.4, 0.5) is 5.69 Å². The van der Waals surface area contributed by atoms with Crippen LogP contribution in [-0.2, 0) is 6.54 Å². The summed E-state index contributed by atoms with van der Waals surface area (Å²) >= 11 is 12.1. The van der Waals surface area contributed by atoms with E-state index in [9.17, 15) is 0 Å². The van der Waals surface area contributed by atoms with Crippen LogP contribution < -0.4 is 5.32 Å². The lowest BCUT2D eigenvalue weighted by Gasteiger charge is -2.10. The number of nitrogens with one attached hydrogen (secondary N) is 1. The van der Waals surface area contributed by atoms with Gasteiger partial charge in [0.25, 0.3) is 0 Å². The number of anilines is 1. The molecule has 0 bridgehead atoms. The van der Waals surface area contributed by atoms with E-state index >= 15 is 0 Å². The van der Waals surface area contributed by atoms with Crippen LogP contribution in [0, 0.1) is 6.92 Å². The normalized spacial score (nSPS) is 10.3. The van der Waals surface area contributed by atoms with Crippen molar-refractivity contribution in [1.29, 1.82) is 0 Å². The van der Waals surface area contributed by atoms with Gasteiger partial charge >= 0.3 is 0 Å². The highest BCUT2D eigenvalue weighted by molar-refractivity contribution is 6.39. The van der Waals surface area contributed by atoms with Gasteiger partial charge in [0, 0.05) is 6.54 Å². The smallest absolute Gasteiger partial charge is 0.0721 e. The Hall–Kier alpha value is -1.18. The third-order valence-electron chi connectivity index (χ3n) is 2.55. The zero-order chi connectivity index (χ0) is 12.3. The van der Waals surface area contributed by atoms with Gasteiger partial charge < -0.3 is 5.32 Å². The van der Waals surface area contributed by atoms with Crippen molar-refractivity contribution in [3.63, 3.8) is 0 Å².